The van der Waals surface area contributed by atoms with Crippen LogP contribution in [0.3, 0.4) is 0 Å². The van der Waals surface area contributed by atoms with E-state index in [-0.39, 0.29) is 24.0 Å². The summed E-state index contributed by atoms with van der Waals surface area (Å²) in [5, 5.41) is 2.74. The van der Waals surface area contributed by atoms with Crippen molar-refractivity contribution in [3.05, 3.63) is 18.0 Å². The lowest BCUT2D eigenvalue weighted by atomic mass is 9.73. The lowest BCUT2D eigenvalue weighted by Crippen LogP contribution is -2.77. The van der Waals surface area contributed by atoms with Crippen molar-refractivity contribution in [1.82, 2.24) is 25.1 Å². The van der Waals surface area contributed by atoms with Crippen LogP contribution >= 0.6 is 0 Å². The fraction of sp³-hybridized carbons (Fsp3) is 0.625. The number of ether oxygens (including phenoxy) is 1. The molecule has 0 unspecified atom stereocenters. The van der Waals surface area contributed by atoms with E-state index in [1.54, 1.807) is 9.80 Å². The van der Waals surface area contributed by atoms with E-state index in [9.17, 15) is 22.8 Å². The van der Waals surface area contributed by atoms with Gasteiger partial charge < -0.3 is 24.8 Å². The third kappa shape index (κ3) is 2.61. The fourth-order valence-electron chi connectivity index (χ4n) is 4.32. The molecule has 0 aliphatic carbocycles. The molecule has 1 aromatic heterocycles. The van der Waals surface area contributed by atoms with Gasteiger partial charge >= 0.3 is 18.3 Å². The van der Waals surface area contributed by atoms with Crippen LogP contribution in [0.1, 0.15) is 5.56 Å². The van der Waals surface area contributed by atoms with Crippen LogP contribution in [0.2, 0.25) is 0 Å². The minimum atomic E-state index is -4.45. The molecule has 4 aliphatic heterocycles. The van der Waals surface area contributed by atoms with Crippen molar-refractivity contribution in [2.45, 2.75) is 11.7 Å². The van der Waals surface area contributed by atoms with Gasteiger partial charge in [0.15, 0.2) is 0 Å². The normalized spacial score (nSPS) is 24.4. The Balaban J connectivity index is 1.11. The summed E-state index contributed by atoms with van der Waals surface area (Å²) in [6.45, 7) is 3.55. The van der Waals surface area contributed by atoms with Gasteiger partial charge in [-0.2, -0.15) is 13.2 Å². The third-order valence-electron chi connectivity index (χ3n) is 5.73. The summed E-state index contributed by atoms with van der Waals surface area (Å²) < 4.78 is 42.6. The number of rotatable bonds is 1. The zero-order valence-electron chi connectivity index (χ0n) is 14.7. The van der Waals surface area contributed by atoms with E-state index in [4.69, 9.17) is 4.74 Å². The highest BCUT2D eigenvalue weighted by atomic mass is 19.4. The Morgan fingerprint density at radius 2 is 1.68 bits per heavy atom. The Morgan fingerprint density at radius 3 is 2.21 bits per heavy atom. The lowest BCUT2D eigenvalue weighted by molar-refractivity contribution is -0.138. The van der Waals surface area contributed by atoms with Crippen molar-refractivity contribution >= 4 is 18.1 Å². The summed E-state index contributed by atoms with van der Waals surface area (Å²) in [5.41, 5.74) is -1.36. The highest BCUT2D eigenvalue weighted by Crippen LogP contribution is 2.42. The molecule has 1 N–H and O–H groups in total. The smallest absolute Gasteiger partial charge is 0.419 e. The molecule has 12 heteroatoms. The average Bonchev–Trinajstić information content (AvgIpc) is 2.92. The second-order valence-electron chi connectivity index (χ2n) is 8.10. The van der Waals surface area contributed by atoms with Gasteiger partial charge in [0, 0.05) is 44.0 Å². The largest absolute Gasteiger partial charge is 0.447 e. The quantitative estimate of drug-likeness (QED) is 0.742. The number of hydrogen-bond acceptors (Lipinski definition) is 6. The van der Waals surface area contributed by atoms with Gasteiger partial charge in [-0.05, 0) is 0 Å². The first-order valence-electron chi connectivity index (χ1n) is 8.80. The van der Waals surface area contributed by atoms with Crippen LogP contribution in [0.4, 0.5) is 28.7 Å². The van der Waals surface area contributed by atoms with Crippen molar-refractivity contribution in [2.75, 3.05) is 50.8 Å². The van der Waals surface area contributed by atoms with Crippen molar-refractivity contribution in [3.8, 4) is 0 Å². The van der Waals surface area contributed by atoms with Gasteiger partial charge in [0.25, 0.3) is 0 Å². The molecule has 9 nitrogen and oxygen atoms in total. The van der Waals surface area contributed by atoms with Crippen molar-refractivity contribution in [1.29, 1.82) is 0 Å². The number of urea groups is 1. The molecule has 4 saturated heterocycles. The molecule has 0 atom stereocenters. The number of amides is 3. The van der Waals surface area contributed by atoms with Crippen LogP contribution in [-0.4, -0.2) is 83.3 Å². The van der Waals surface area contributed by atoms with E-state index in [1.807, 2.05) is 4.90 Å². The van der Waals surface area contributed by atoms with Crippen LogP contribution < -0.4 is 10.2 Å². The SMILES string of the molecule is O=C1NC2(CO1)CN(C(=O)N1CC3(C1)CN(c1ncc(C(F)(F)F)cn1)C3)C2. The third-order valence-corrected chi connectivity index (χ3v) is 5.73. The Bertz CT molecular complexity index is 825. The molecular formula is C16H17F3N6O3. The van der Waals surface area contributed by atoms with Crippen LogP contribution in [0.15, 0.2) is 12.4 Å². The van der Waals surface area contributed by atoms with Crippen LogP contribution in [0, 0.1) is 5.41 Å². The minimum Gasteiger partial charge on any atom is -0.447 e. The fourth-order valence-corrected chi connectivity index (χ4v) is 4.32. The number of anilines is 1. The predicted octanol–water partition coefficient (Wildman–Crippen LogP) is 0.532. The van der Waals surface area contributed by atoms with Crippen molar-refractivity contribution in [3.63, 3.8) is 0 Å². The molecule has 1 aromatic rings. The second kappa shape index (κ2) is 5.39. The minimum absolute atomic E-state index is 0.0467. The first-order chi connectivity index (χ1) is 13.2. The van der Waals surface area contributed by atoms with Gasteiger partial charge in [-0.15, -0.1) is 0 Å². The maximum Gasteiger partial charge on any atom is 0.419 e. The Kier molecular flexibility index (Phi) is 3.33. The van der Waals surface area contributed by atoms with Gasteiger partial charge in [0.2, 0.25) is 5.95 Å². The van der Waals surface area contributed by atoms with Gasteiger partial charge in [0.05, 0.1) is 18.7 Å². The Morgan fingerprint density at radius 1 is 1.07 bits per heavy atom. The number of likely N-dealkylation sites (tertiary alicyclic amines) is 2. The average molecular weight is 398 g/mol. The summed E-state index contributed by atoms with van der Waals surface area (Å²) in [5.74, 6) is 0.269. The van der Waals surface area contributed by atoms with Gasteiger partial charge in [-0.1, -0.05) is 0 Å². The maximum atomic E-state index is 12.6. The summed E-state index contributed by atoms with van der Waals surface area (Å²) >= 11 is 0. The van der Waals surface area contributed by atoms with E-state index in [2.05, 4.69) is 15.3 Å². The molecule has 150 valence electrons. The first-order valence-corrected chi connectivity index (χ1v) is 8.80. The Hall–Kier alpha value is -2.79. The number of cyclic esters (lactones) is 1. The molecule has 2 spiro atoms. The first kappa shape index (κ1) is 17.3. The zero-order chi connectivity index (χ0) is 19.7. The molecule has 4 fully saturated rings. The molecular weight excluding hydrogens is 381 g/mol. The standard InChI is InChI=1S/C16H17F3N6O3/c17-16(18,19)10-1-20-11(21-2-10)23-3-14(4-23)5-24(6-14)13(27)25-7-15(8-25)9-28-12(26)22-15/h1-2H,3-9H2,(H,22,26). The zero-order valence-corrected chi connectivity index (χ0v) is 14.7. The summed E-state index contributed by atoms with van der Waals surface area (Å²) in [6.07, 6.45) is -3.33. The number of nitrogens with zero attached hydrogens (tertiary/aromatic N) is 5. The highest BCUT2D eigenvalue weighted by Gasteiger charge is 2.57. The molecule has 0 saturated carbocycles. The number of alkyl carbamates (subject to hydrolysis) is 1. The van der Waals surface area contributed by atoms with E-state index >= 15 is 0 Å². The van der Waals surface area contributed by atoms with E-state index < -0.39 is 23.4 Å². The lowest BCUT2D eigenvalue weighted by Gasteiger charge is -2.61. The molecule has 5 heterocycles. The second-order valence-corrected chi connectivity index (χ2v) is 8.10. The number of hydrogen-bond donors (Lipinski definition) is 1. The molecule has 5 rings (SSSR count). The van der Waals surface area contributed by atoms with Crippen LogP contribution in [0.25, 0.3) is 0 Å². The number of halogens is 3. The molecule has 3 amide bonds. The van der Waals surface area contributed by atoms with Crippen molar-refractivity contribution < 1.29 is 27.5 Å². The number of nitrogens with one attached hydrogen (secondary N) is 1. The maximum absolute atomic E-state index is 12.6. The summed E-state index contributed by atoms with van der Waals surface area (Å²) in [4.78, 5) is 36.5. The van der Waals surface area contributed by atoms with E-state index in [0.29, 0.717) is 39.3 Å². The number of carbonyl (C=O) groups is 2. The molecule has 0 bridgehead atoms. The number of aromatic nitrogens is 2. The van der Waals surface area contributed by atoms with Crippen LogP contribution in [0.5, 0.6) is 0 Å². The van der Waals surface area contributed by atoms with Gasteiger partial charge in [-0.3, -0.25) is 0 Å². The molecule has 28 heavy (non-hydrogen) atoms. The summed E-state index contributed by atoms with van der Waals surface area (Å²) in [7, 11) is 0. The predicted molar refractivity (Wildman–Crippen MR) is 87.4 cm³/mol. The molecule has 4 aliphatic rings. The van der Waals surface area contributed by atoms with Crippen molar-refractivity contribution in [2.24, 2.45) is 5.41 Å². The highest BCUT2D eigenvalue weighted by molar-refractivity contribution is 5.79. The molecule has 0 aromatic carbocycles. The molecule has 0 radical (unpaired) electrons. The van der Waals surface area contributed by atoms with Gasteiger partial charge in [0.1, 0.15) is 12.1 Å². The number of carbonyl (C=O) groups excluding carboxylic acids is 2. The monoisotopic (exact) mass is 398 g/mol. The van der Waals surface area contributed by atoms with E-state index in [1.165, 1.54) is 0 Å². The topological polar surface area (TPSA) is 90.9 Å². The summed E-state index contributed by atoms with van der Waals surface area (Å²) in [6, 6.07) is -0.0679. The van der Waals surface area contributed by atoms with Gasteiger partial charge in [-0.25, -0.2) is 19.6 Å². The van der Waals surface area contributed by atoms with E-state index in [0.717, 1.165) is 12.4 Å². The number of alkyl halides is 3. The van der Waals surface area contributed by atoms with Crippen LogP contribution in [-0.2, 0) is 10.9 Å². The Labute approximate surface area is 157 Å².